The molecule has 1 aromatic heterocycles. The van der Waals surface area contributed by atoms with Crippen LogP contribution in [0.15, 0.2) is 71.1 Å². The standard InChI is InChI=1S/C21H23NO2/c1-15(17-6-4-3-5-7-17)22-14-20-12-13-21(24-20)19-10-8-18(9-11-19)16(2)23/h3-13,15-16,22-23H,14H2,1-2H3. The van der Waals surface area contributed by atoms with Crippen molar-refractivity contribution in [1.82, 2.24) is 5.32 Å². The lowest BCUT2D eigenvalue weighted by Gasteiger charge is -2.12. The van der Waals surface area contributed by atoms with Crippen LogP contribution in [-0.2, 0) is 6.54 Å². The minimum atomic E-state index is -0.449. The van der Waals surface area contributed by atoms with Gasteiger partial charge in [-0.3, -0.25) is 0 Å². The van der Waals surface area contributed by atoms with E-state index in [0.29, 0.717) is 6.54 Å². The van der Waals surface area contributed by atoms with Crippen LogP contribution in [0.1, 0.15) is 42.9 Å². The summed E-state index contributed by atoms with van der Waals surface area (Å²) in [4.78, 5) is 0. The quantitative estimate of drug-likeness (QED) is 0.682. The molecule has 1 heterocycles. The van der Waals surface area contributed by atoms with E-state index in [4.69, 9.17) is 4.42 Å². The van der Waals surface area contributed by atoms with Crippen LogP contribution in [0.5, 0.6) is 0 Å². The predicted octanol–water partition coefficient (Wildman–Crippen LogP) is 4.85. The molecule has 3 nitrogen and oxygen atoms in total. The summed E-state index contributed by atoms with van der Waals surface area (Å²) in [7, 11) is 0. The monoisotopic (exact) mass is 321 g/mol. The number of aliphatic hydroxyl groups excluding tert-OH is 1. The fraction of sp³-hybridized carbons (Fsp3) is 0.238. The molecule has 3 rings (SSSR count). The van der Waals surface area contributed by atoms with Crippen LogP contribution < -0.4 is 5.32 Å². The third-order valence-electron chi connectivity index (χ3n) is 4.22. The number of hydrogen-bond acceptors (Lipinski definition) is 3. The molecule has 3 aromatic rings. The van der Waals surface area contributed by atoms with Gasteiger partial charge in [-0.15, -0.1) is 0 Å². The molecule has 24 heavy (non-hydrogen) atoms. The summed E-state index contributed by atoms with van der Waals surface area (Å²) in [5.74, 6) is 1.75. The normalized spacial score (nSPS) is 13.6. The van der Waals surface area contributed by atoms with Crippen LogP contribution >= 0.6 is 0 Å². The van der Waals surface area contributed by atoms with Crippen LogP contribution in [0.25, 0.3) is 11.3 Å². The number of hydrogen-bond donors (Lipinski definition) is 2. The van der Waals surface area contributed by atoms with E-state index in [1.807, 2.05) is 42.5 Å². The van der Waals surface area contributed by atoms with E-state index in [9.17, 15) is 5.11 Å². The number of rotatable bonds is 6. The number of furan rings is 1. The second-order valence-electron chi connectivity index (χ2n) is 6.08. The van der Waals surface area contributed by atoms with Gasteiger partial charge >= 0.3 is 0 Å². The molecule has 0 fully saturated rings. The summed E-state index contributed by atoms with van der Waals surface area (Å²) in [5.41, 5.74) is 3.18. The highest BCUT2D eigenvalue weighted by Gasteiger charge is 2.08. The molecule has 0 spiro atoms. The molecular weight excluding hydrogens is 298 g/mol. The minimum Gasteiger partial charge on any atom is -0.460 e. The molecule has 0 amide bonds. The van der Waals surface area contributed by atoms with E-state index in [-0.39, 0.29) is 6.04 Å². The van der Waals surface area contributed by atoms with Crippen molar-refractivity contribution in [3.05, 3.63) is 83.6 Å². The molecule has 0 bridgehead atoms. The second kappa shape index (κ2) is 7.47. The summed E-state index contributed by atoms with van der Waals surface area (Å²) in [6.07, 6.45) is -0.449. The Morgan fingerprint density at radius 2 is 1.58 bits per heavy atom. The minimum absolute atomic E-state index is 0.269. The molecule has 2 N–H and O–H groups in total. The topological polar surface area (TPSA) is 45.4 Å². The van der Waals surface area contributed by atoms with Gasteiger partial charge in [-0.25, -0.2) is 0 Å². The summed E-state index contributed by atoms with van der Waals surface area (Å²) < 4.78 is 5.93. The Morgan fingerprint density at radius 3 is 2.25 bits per heavy atom. The van der Waals surface area contributed by atoms with Crippen molar-refractivity contribution < 1.29 is 9.52 Å². The summed E-state index contributed by atoms with van der Waals surface area (Å²) in [5, 5.41) is 13.1. The molecule has 2 unspecified atom stereocenters. The first kappa shape index (κ1) is 16.5. The maximum absolute atomic E-state index is 9.57. The Bertz CT molecular complexity index is 760. The zero-order valence-electron chi connectivity index (χ0n) is 14.1. The molecule has 3 heteroatoms. The molecule has 0 radical (unpaired) electrons. The van der Waals surface area contributed by atoms with Crippen LogP contribution in [0.3, 0.4) is 0 Å². The lowest BCUT2D eigenvalue weighted by atomic mass is 10.1. The number of benzene rings is 2. The zero-order valence-corrected chi connectivity index (χ0v) is 14.1. The lowest BCUT2D eigenvalue weighted by molar-refractivity contribution is 0.199. The fourth-order valence-electron chi connectivity index (χ4n) is 2.67. The Balaban J connectivity index is 1.63. The van der Waals surface area contributed by atoms with Crippen molar-refractivity contribution in [3.8, 4) is 11.3 Å². The Labute approximate surface area is 143 Å². The molecule has 0 saturated carbocycles. The van der Waals surface area contributed by atoms with Crippen LogP contribution in [0, 0.1) is 0 Å². The predicted molar refractivity (Wildman–Crippen MR) is 96.5 cm³/mol. The highest BCUT2D eigenvalue weighted by molar-refractivity contribution is 5.58. The van der Waals surface area contributed by atoms with Crippen molar-refractivity contribution >= 4 is 0 Å². The molecule has 0 aliphatic rings. The molecule has 2 atom stereocenters. The lowest BCUT2D eigenvalue weighted by Crippen LogP contribution is -2.17. The highest BCUT2D eigenvalue weighted by atomic mass is 16.3. The second-order valence-corrected chi connectivity index (χ2v) is 6.08. The first-order chi connectivity index (χ1) is 11.6. The van der Waals surface area contributed by atoms with E-state index < -0.39 is 6.10 Å². The van der Waals surface area contributed by atoms with Crippen LogP contribution in [0.2, 0.25) is 0 Å². The molecule has 0 saturated heterocycles. The average molecular weight is 321 g/mol. The van der Waals surface area contributed by atoms with Gasteiger partial charge in [0.15, 0.2) is 0 Å². The van der Waals surface area contributed by atoms with Crippen molar-refractivity contribution in [2.45, 2.75) is 32.5 Å². The highest BCUT2D eigenvalue weighted by Crippen LogP contribution is 2.24. The molecule has 2 aromatic carbocycles. The Kier molecular flexibility index (Phi) is 5.14. The number of nitrogens with one attached hydrogen (secondary N) is 1. The van der Waals surface area contributed by atoms with Crippen LogP contribution in [0.4, 0.5) is 0 Å². The van der Waals surface area contributed by atoms with Gasteiger partial charge in [0, 0.05) is 11.6 Å². The first-order valence-corrected chi connectivity index (χ1v) is 8.29. The fourth-order valence-corrected chi connectivity index (χ4v) is 2.67. The Morgan fingerprint density at radius 1 is 0.875 bits per heavy atom. The summed E-state index contributed by atoms with van der Waals surface area (Å²) in [6, 6.07) is 22.4. The van der Waals surface area contributed by atoms with Gasteiger partial charge in [0.05, 0.1) is 12.6 Å². The van der Waals surface area contributed by atoms with Crippen molar-refractivity contribution in [3.63, 3.8) is 0 Å². The largest absolute Gasteiger partial charge is 0.460 e. The van der Waals surface area contributed by atoms with E-state index in [1.54, 1.807) is 6.92 Å². The maximum atomic E-state index is 9.57. The van der Waals surface area contributed by atoms with Gasteiger partial charge in [-0.2, -0.15) is 0 Å². The van der Waals surface area contributed by atoms with E-state index in [1.165, 1.54) is 5.56 Å². The third-order valence-corrected chi connectivity index (χ3v) is 4.22. The van der Waals surface area contributed by atoms with Crippen molar-refractivity contribution in [1.29, 1.82) is 0 Å². The van der Waals surface area contributed by atoms with E-state index >= 15 is 0 Å². The molecule has 0 aliphatic heterocycles. The van der Waals surface area contributed by atoms with Gasteiger partial charge in [0.25, 0.3) is 0 Å². The van der Waals surface area contributed by atoms with E-state index in [2.05, 4.69) is 36.5 Å². The molecule has 0 aliphatic carbocycles. The zero-order chi connectivity index (χ0) is 16.9. The van der Waals surface area contributed by atoms with Gasteiger partial charge in [-0.1, -0.05) is 54.6 Å². The van der Waals surface area contributed by atoms with Crippen molar-refractivity contribution in [2.24, 2.45) is 0 Å². The molecular formula is C21H23NO2. The van der Waals surface area contributed by atoms with Gasteiger partial charge in [-0.05, 0) is 37.1 Å². The maximum Gasteiger partial charge on any atom is 0.134 e. The van der Waals surface area contributed by atoms with Gasteiger partial charge in [0.1, 0.15) is 11.5 Å². The van der Waals surface area contributed by atoms with Crippen molar-refractivity contribution in [2.75, 3.05) is 0 Å². The van der Waals surface area contributed by atoms with E-state index in [0.717, 1.165) is 22.6 Å². The smallest absolute Gasteiger partial charge is 0.134 e. The average Bonchev–Trinajstić information content (AvgIpc) is 3.09. The summed E-state index contributed by atoms with van der Waals surface area (Å²) >= 11 is 0. The molecule has 124 valence electrons. The van der Waals surface area contributed by atoms with Gasteiger partial charge < -0.3 is 14.8 Å². The van der Waals surface area contributed by atoms with Gasteiger partial charge in [0.2, 0.25) is 0 Å². The summed E-state index contributed by atoms with van der Waals surface area (Å²) in [6.45, 7) is 4.59. The third kappa shape index (κ3) is 3.94. The SMILES string of the molecule is CC(O)c1ccc(-c2ccc(CNC(C)c3ccccc3)o2)cc1. The number of aliphatic hydroxyl groups is 1. The first-order valence-electron chi connectivity index (χ1n) is 8.29. The van der Waals surface area contributed by atoms with Crippen LogP contribution in [-0.4, -0.2) is 5.11 Å². The Hall–Kier alpha value is -2.36.